The number of benzene rings is 1. The molecular formula is C20H19N7O2. The summed E-state index contributed by atoms with van der Waals surface area (Å²) < 4.78 is 3.32. The van der Waals surface area contributed by atoms with Gasteiger partial charge in [-0.25, -0.2) is 9.97 Å². The van der Waals surface area contributed by atoms with Gasteiger partial charge >= 0.3 is 0 Å². The first-order valence-corrected chi connectivity index (χ1v) is 9.11. The highest BCUT2D eigenvalue weighted by atomic mass is 16.3. The lowest BCUT2D eigenvalue weighted by Crippen LogP contribution is -2.16. The molecule has 0 saturated heterocycles. The van der Waals surface area contributed by atoms with Gasteiger partial charge in [-0.1, -0.05) is 6.07 Å². The van der Waals surface area contributed by atoms with E-state index in [1.54, 1.807) is 35.5 Å². The second kappa shape index (κ2) is 5.57. The molecule has 4 aromatic rings. The highest BCUT2D eigenvalue weighted by Gasteiger charge is 2.32. The van der Waals surface area contributed by atoms with Crippen LogP contribution in [0.15, 0.2) is 18.3 Å². The molecule has 9 heteroatoms. The summed E-state index contributed by atoms with van der Waals surface area (Å²) in [7, 11) is 1.75. The second-order valence-corrected chi connectivity index (χ2v) is 7.27. The topological polar surface area (TPSA) is 124 Å². The van der Waals surface area contributed by atoms with Crippen LogP contribution in [0.4, 0.5) is 11.6 Å². The summed E-state index contributed by atoms with van der Waals surface area (Å²) in [6.45, 7) is 5.52. The van der Waals surface area contributed by atoms with Gasteiger partial charge in [0.2, 0.25) is 0 Å². The van der Waals surface area contributed by atoms with Crippen molar-refractivity contribution in [3.63, 3.8) is 0 Å². The van der Waals surface area contributed by atoms with Crippen LogP contribution < -0.4 is 11.1 Å². The Morgan fingerprint density at radius 1 is 1.17 bits per heavy atom. The zero-order chi connectivity index (χ0) is 20.6. The quantitative estimate of drug-likeness (QED) is 0.460. The first-order chi connectivity index (χ1) is 13.8. The van der Waals surface area contributed by atoms with E-state index in [0.29, 0.717) is 50.7 Å². The Hall–Kier alpha value is -3.88. The third-order valence-electron chi connectivity index (χ3n) is 5.44. The average Bonchev–Trinajstić information content (AvgIpc) is 3.12. The van der Waals surface area contributed by atoms with Crippen molar-refractivity contribution in [1.29, 1.82) is 0 Å². The molecule has 1 aromatic carbocycles. The van der Waals surface area contributed by atoms with E-state index >= 15 is 0 Å². The Labute approximate surface area is 165 Å². The summed E-state index contributed by atoms with van der Waals surface area (Å²) in [5, 5.41) is 18.0. The van der Waals surface area contributed by atoms with E-state index in [-0.39, 0.29) is 17.5 Å². The van der Waals surface area contributed by atoms with Crippen LogP contribution in [0, 0.1) is 20.8 Å². The molecule has 0 saturated carbocycles. The first-order valence-electron chi connectivity index (χ1n) is 9.11. The van der Waals surface area contributed by atoms with Gasteiger partial charge in [-0.05, 0) is 32.4 Å². The SMILES string of the molecule is Cc1nc2c3c(c(N)n(-c4c(C)ccc(O)c4C)c3n1)C(=O)Nc1c-2cnn1C. The van der Waals surface area contributed by atoms with Crippen molar-refractivity contribution in [3.8, 4) is 22.7 Å². The maximum atomic E-state index is 13.1. The lowest BCUT2D eigenvalue weighted by atomic mass is 10.1. The number of nitrogens with zero attached hydrogens (tertiary/aromatic N) is 5. The first kappa shape index (κ1) is 17.2. The van der Waals surface area contributed by atoms with Gasteiger partial charge < -0.3 is 16.2 Å². The number of anilines is 2. The number of aryl methyl sites for hydroxylation is 3. The van der Waals surface area contributed by atoms with Crippen LogP contribution in [-0.2, 0) is 7.05 Å². The van der Waals surface area contributed by atoms with Crippen molar-refractivity contribution in [2.24, 2.45) is 7.05 Å². The van der Waals surface area contributed by atoms with Crippen molar-refractivity contribution >= 4 is 28.6 Å². The van der Waals surface area contributed by atoms with Crippen molar-refractivity contribution in [1.82, 2.24) is 24.3 Å². The van der Waals surface area contributed by atoms with Crippen LogP contribution in [-0.4, -0.2) is 35.3 Å². The number of hydrogen-bond acceptors (Lipinski definition) is 6. The molecule has 0 atom stereocenters. The van der Waals surface area contributed by atoms with Gasteiger partial charge in [-0.15, -0.1) is 0 Å². The van der Waals surface area contributed by atoms with Gasteiger partial charge in [-0.3, -0.25) is 14.0 Å². The van der Waals surface area contributed by atoms with E-state index in [0.717, 1.165) is 5.56 Å². The summed E-state index contributed by atoms with van der Waals surface area (Å²) in [4.78, 5) is 22.4. The van der Waals surface area contributed by atoms with Gasteiger partial charge in [0.15, 0.2) is 5.65 Å². The van der Waals surface area contributed by atoms with E-state index in [9.17, 15) is 9.90 Å². The molecule has 9 nitrogen and oxygen atoms in total. The number of fused-ring (bicyclic) bond motifs is 2. The molecule has 4 N–H and O–H groups in total. The number of amides is 1. The summed E-state index contributed by atoms with van der Waals surface area (Å²) >= 11 is 0. The normalized spacial score (nSPS) is 12.8. The molecule has 1 amide bonds. The lowest BCUT2D eigenvalue weighted by Gasteiger charge is -2.16. The predicted octanol–water partition coefficient (Wildman–Crippen LogP) is 2.60. The predicted molar refractivity (Wildman–Crippen MR) is 109 cm³/mol. The third-order valence-corrected chi connectivity index (χ3v) is 5.44. The molecule has 146 valence electrons. The van der Waals surface area contributed by atoms with E-state index in [4.69, 9.17) is 5.73 Å². The summed E-state index contributed by atoms with van der Waals surface area (Å²) in [6.07, 6.45) is 1.67. The zero-order valence-electron chi connectivity index (χ0n) is 16.4. The number of carbonyl (C=O) groups excluding carboxylic acids is 1. The van der Waals surface area contributed by atoms with Crippen LogP contribution in [0.25, 0.3) is 28.0 Å². The molecule has 0 bridgehead atoms. The summed E-state index contributed by atoms with van der Waals surface area (Å²) in [5.74, 6) is 1.14. The van der Waals surface area contributed by atoms with Gasteiger partial charge in [0.05, 0.1) is 34.1 Å². The number of rotatable bonds is 1. The number of carbonyl (C=O) groups is 1. The number of phenolic OH excluding ortho intramolecular Hbond substituents is 1. The minimum Gasteiger partial charge on any atom is -0.508 e. The van der Waals surface area contributed by atoms with Crippen LogP contribution >= 0.6 is 0 Å². The molecule has 0 radical (unpaired) electrons. The maximum absolute atomic E-state index is 13.1. The van der Waals surface area contributed by atoms with Crippen LogP contribution in [0.3, 0.4) is 0 Å². The second-order valence-electron chi connectivity index (χ2n) is 7.27. The monoisotopic (exact) mass is 389 g/mol. The van der Waals surface area contributed by atoms with E-state index in [1.165, 1.54) is 0 Å². The Morgan fingerprint density at radius 3 is 2.69 bits per heavy atom. The van der Waals surface area contributed by atoms with Gasteiger partial charge in [-0.2, -0.15) is 5.10 Å². The maximum Gasteiger partial charge on any atom is 0.261 e. The third kappa shape index (κ3) is 2.15. The number of nitrogens with one attached hydrogen (secondary N) is 1. The Kier molecular flexibility index (Phi) is 3.31. The van der Waals surface area contributed by atoms with Crippen molar-refractivity contribution in [3.05, 3.63) is 40.8 Å². The molecule has 0 spiro atoms. The number of aromatic nitrogens is 5. The minimum absolute atomic E-state index is 0.144. The molecule has 1 aliphatic rings. The Morgan fingerprint density at radius 2 is 1.93 bits per heavy atom. The van der Waals surface area contributed by atoms with Crippen LogP contribution in [0.1, 0.15) is 27.3 Å². The van der Waals surface area contributed by atoms with Gasteiger partial charge in [0.25, 0.3) is 5.91 Å². The summed E-state index contributed by atoms with van der Waals surface area (Å²) in [5.41, 5.74) is 10.9. The molecular weight excluding hydrogens is 370 g/mol. The fraction of sp³-hybridized carbons (Fsp3) is 0.200. The summed E-state index contributed by atoms with van der Waals surface area (Å²) in [6, 6.07) is 3.45. The largest absolute Gasteiger partial charge is 0.508 e. The van der Waals surface area contributed by atoms with Gasteiger partial charge in [0, 0.05) is 12.6 Å². The van der Waals surface area contributed by atoms with E-state index in [2.05, 4.69) is 20.4 Å². The van der Waals surface area contributed by atoms with E-state index in [1.807, 2.05) is 19.9 Å². The number of nitrogen functional groups attached to an aromatic ring is 1. The highest BCUT2D eigenvalue weighted by Crippen LogP contribution is 2.42. The molecule has 0 unspecified atom stereocenters. The van der Waals surface area contributed by atoms with E-state index < -0.39 is 0 Å². The smallest absolute Gasteiger partial charge is 0.261 e. The molecule has 4 heterocycles. The number of phenols is 1. The number of hydrogen-bond donors (Lipinski definition) is 3. The molecule has 29 heavy (non-hydrogen) atoms. The minimum atomic E-state index is -0.349. The molecule has 0 aliphatic carbocycles. The van der Waals surface area contributed by atoms with Crippen molar-refractivity contribution in [2.45, 2.75) is 20.8 Å². The fourth-order valence-corrected chi connectivity index (χ4v) is 4.05. The van der Waals surface area contributed by atoms with Crippen molar-refractivity contribution < 1.29 is 9.90 Å². The molecule has 3 aromatic heterocycles. The molecule has 1 aliphatic heterocycles. The lowest BCUT2D eigenvalue weighted by molar-refractivity contribution is 0.102. The van der Waals surface area contributed by atoms with Crippen LogP contribution in [0.5, 0.6) is 5.75 Å². The van der Waals surface area contributed by atoms with Crippen molar-refractivity contribution in [2.75, 3.05) is 11.1 Å². The molecule has 0 fully saturated rings. The number of aromatic hydroxyl groups is 1. The fourth-order valence-electron chi connectivity index (χ4n) is 4.05. The molecule has 5 rings (SSSR count). The standard InChI is InChI=1S/C20H19N7O2/c1-8-5-6-12(28)9(2)16(8)27-17(21)14-13-15(23-10(3)24-19(13)27)11-7-22-26(4)18(11)25-20(14)29/h5-7,28H,21H2,1-4H3,(H,25,29). The average molecular weight is 389 g/mol. The number of nitrogens with two attached hydrogens (primary N) is 1. The Bertz CT molecular complexity index is 1360. The highest BCUT2D eigenvalue weighted by molar-refractivity contribution is 6.22. The Balaban J connectivity index is 2.00. The zero-order valence-corrected chi connectivity index (χ0v) is 16.4. The van der Waals surface area contributed by atoms with Gasteiger partial charge in [0.1, 0.15) is 23.2 Å². The van der Waals surface area contributed by atoms with Crippen LogP contribution in [0.2, 0.25) is 0 Å².